The molecular weight excluding hydrogens is 220 g/mol. The van der Waals surface area contributed by atoms with Crippen LogP contribution in [-0.2, 0) is 11.4 Å². The van der Waals surface area contributed by atoms with Crippen molar-refractivity contribution in [3.05, 3.63) is 23.8 Å². The summed E-state index contributed by atoms with van der Waals surface area (Å²) in [6.07, 6.45) is 0.677. The Kier molecular flexibility index (Phi) is 4.12. The van der Waals surface area contributed by atoms with Gasteiger partial charge in [0.25, 0.3) is 0 Å². The third-order valence-electron chi connectivity index (χ3n) is 2.87. The minimum absolute atomic E-state index is 0.0120. The van der Waals surface area contributed by atoms with Crippen LogP contribution < -0.4 is 4.74 Å². The molecule has 0 fully saturated rings. The van der Waals surface area contributed by atoms with Crippen LogP contribution in [0.4, 0.5) is 0 Å². The fourth-order valence-corrected chi connectivity index (χ4v) is 1.14. The number of hydrogen-bond acceptors (Lipinski definition) is 4. The molecule has 0 atom stereocenters. The minimum Gasteiger partial charge on any atom is -0.508 e. The van der Waals surface area contributed by atoms with Crippen LogP contribution in [0.3, 0.4) is 0 Å². The van der Waals surface area contributed by atoms with Gasteiger partial charge in [0.15, 0.2) is 0 Å². The molecule has 0 unspecified atom stereocenters. The first-order valence-electron chi connectivity index (χ1n) is 5.55. The van der Waals surface area contributed by atoms with E-state index >= 15 is 0 Å². The number of rotatable bonds is 4. The zero-order valence-corrected chi connectivity index (χ0v) is 10.4. The van der Waals surface area contributed by atoms with Crippen LogP contribution in [0.1, 0.15) is 32.8 Å². The number of aromatic hydroxyl groups is 1. The molecule has 0 spiro atoms. The molecule has 0 amide bonds. The monoisotopic (exact) mass is 238 g/mol. The Morgan fingerprint density at radius 2 is 2.06 bits per heavy atom. The third kappa shape index (κ3) is 3.20. The SMILES string of the molecule is CCC(C)(C)C(=O)Oc1ccc(O)c(CO)c1. The Balaban J connectivity index is 2.86. The highest BCUT2D eigenvalue weighted by Crippen LogP contribution is 2.27. The summed E-state index contributed by atoms with van der Waals surface area (Å²) in [7, 11) is 0. The molecule has 0 aliphatic carbocycles. The van der Waals surface area contributed by atoms with Gasteiger partial charge in [-0.05, 0) is 38.5 Å². The molecule has 2 N–H and O–H groups in total. The Bertz CT molecular complexity index is 410. The number of ether oxygens (including phenoxy) is 1. The number of phenols is 1. The van der Waals surface area contributed by atoms with Gasteiger partial charge in [-0.1, -0.05) is 6.92 Å². The summed E-state index contributed by atoms with van der Waals surface area (Å²) in [4.78, 5) is 11.8. The van der Waals surface area contributed by atoms with E-state index in [9.17, 15) is 9.90 Å². The number of benzene rings is 1. The molecule has 0 aliphatic heterocycles. The summed E-state index contributed by atoms with van der Waals surface area (Å²) in [5.74, 6) is -0.00462. The number of aliphatic hydroxyl groups is 1. The van der Waals surface area contributed by atoms with Crippen LogP contribution in [0.2, 0.25) is 0 Å². The van der Waals surface area contributed by atoms with E-state index < -0.39 is 5.41 Å². The molecule has 4 heteroatoms. The van der Waals surface area contributed by atoms with Crippen LogP contribution in [0.5, 0.6) is 11.5 Å². The molecular formula is C13H18O4. The minimum atomic E-state index is -0.544. The van der Waals surface area contributed by atoms with Gasteiger partial charge in [-0.25, -0.2) is 0 Å². The zero-order valence-electron chi connectivity index (χ0n) is 10.4. The predicted octanol–water partition coefficient (Wildman–Crippen LogP) is 2.23. The first-order chi connectivity index (χ1) is 7.90. The molecule has 17 heavy (non-hydrogen) atoms. The van der Waals surface area contributed by atoms with Crippen LogP contribution in [0.15, 0.2) is 18.2 Å². The Labute approximate surface area is 101 Å². The number of carbonyl (C=O) groups excluding carboxylic acids is 1. The van der Waals surface area contributed by atoms with Gasteiger partial charge >= 0.3 is 5.97 Å². The quantitative estimate of drug-likeness (QED) is 0.623. The first kappa shape index (κ1) is 13.5. The standard InChI is InChI=1S/C13H18O4/c1-4-13(2,3)12(16)17-10-5-6-11(15)9(7-10)8-14/h5-7,14-15H,4,8H2,1-3H3. The molecule has 0 bridgehead atoms. The van der Waals surface area contributed by atoms with E-state index in [1.807, 2.05) is 20.8 Å². The molecule has 0 radical (unpaired) electrons. The van der Waals surface area contributed by atoms with E-state index in [0.29, 0.717) is 17.7 Å². The zero-order chi connectivity index (χ0) is 13.1. The summed E-state index contributed by atoms with van der Waals surface area (Å²) in [6.45, 7) is 5.23. The van der Waals surface area contributed by atoms with Crippen molar-refractivity contribution in [2.24, 2.45) is 5.41 Å². The summed E-state index contributed by atoms with van der Waals surface area (Å²) < 4.78 is 5.21. The lowest BCUT2D eigenvalue weighted by atomic mass is 9.91. The van der Waals surface area contributed by atoms with E-state index in [4.69, 9.17) is 9.84 Å². The second kappa shape index (κ2) is 5.19. The van der Waals surface area contributed by atoms with Crippen LogP contribution in [-0.4, -0.2) is 16.2 Å². The van der Waals surface area contributed by atoms with Crippen molar-refractivity contribution >= 4 is 5.97 Å². The summed E-state index contributed by atoms with van der Waals surface area (Å²) >= 11 is 0. The number of carbonyl (C=O) groups is 1. The van der Waals surface area contributed by atoms with Gasteiger partial charge in [0, 0.05) is 5.56 Å². The van der Waals surface area contributed by atoms with E-state index in [0.717, 1.165) is 0 Å². The highest BCUT2D eigenvalue weighted by atomic mass is 16.5. The van der Waals surface area contributed by atoms with Crippen LogP contribution >= 0.6 is 0 Å². The molecule has 0 saturated heterocycles. The molecule has 0 aliphatic rings. The number of esters is 1. The van der Waals surface area contributed by atoms with Crippen LogP contribution in [0.25, 0.3) is 0 Å². The van der Waals surface area contributed by atoms with E-state index in [2.05, 4.69) is 0 Å². The van der Waals surface area contributed by atoms with Gasteiger partial charge < -0.3 is 14.9 Å². The molecule has 0 saturated carbocycles. The van der Waals surface area contributed by atoms with E-state index in [1.54, 1.807) is 0 Å². The van der Waals surface area contributed by atoms with Crippen LogP contribution in [0, 0.1) is 5.41 Å². The highest BCUT2D eigenvalue weighted by molar-refractivity contribution is 5.78. The number of aliphatic hydroxyl groups excluding tert-OH is 1. The Morgan fingerprint density at radius 3 is 2.59 bits per heavy atom. The van der Waals surface area contributed by atoms with Gasteiger partial charge in [-0.3, -0.25) is 4.79 Å². The average Bonchev–Trinajstić information content (AvgIpc) is 2.31. The average molecular weight is 238 g/mol. The summed E-state index contributed by atoms with van der Waals surface area (Å²) in [5.41, 5.74) is -0.207. The predicted molar refractivity (Wildman–Crippen MR) is 63.7 cm³/mol. The molecule has 1 rings (SSSR count). The van der Waals surface area contributed by atoms with Crippen molar-refractivity contribution in [1.29, 1.82) is 0 Å². The third-order valence-corrected chi connectivity index (χ3v) is 2.87. The van der Waals surface area contributed by atoms with Gasteiger partial charge in [-0.15, -0.1) is 0 Å². The van der Waals surface area contributed by atoms with Crippen molar-refractivity contribution in [1.82, 2.24) is 0 Å². The van der Waals surface area contributed by atoms with Gasteiger partial charge in [0.2, 0.25) is 0 Å². The first-order valence-corrected chi connectivity index (χ1v) is 5.55. The summed E-state index contributed by atoms with van der Waals surface area (Å²) in [6, 6.07) is 4.35. The van der Waals surface area contributed by atoms with Crippen molar-refractivity contribution in [3.8, 4) is 11.5 Å². The van der Waals surface area contributed by atoms with Gasteiger partial charge in [0.1, 0.15) is 11.5 Å². The lowest BCUT2D eigenvalue weighted by Gasteiger charge is -2.20. The molecule has 0 aromatic heterocycles. The fraction of sp³-hybridized carbons (Fsp3) is 0.462. The second-order valence-electron chi connectivity index (χ2n) is 4.58. The van der Waals surface area contributed by atoms with Gasteiger partial charge in [-0.2, -0.15) is 0 Å². The number of hydrogen-bond donors (Lipinski definition) is 2. The molecule has 0 heterocycles. The normalized spacial score (nSPS) is 11.3. The summed E-state index contributed by atoms with van der Waals surface area (Å²) in [5, 5.41) is 18.4. The van der Waals surface area contributed by atoms with Crippen molar-refractivity contribution in [2.75, 3.05) is 0 Å². The van der Waals surface area contributed by atoms with Gasteiger partial charge in [0.05, 0.1) is 12.0 Å². The maximum atomic E-state index is 11.8. The van der Waals surface area contributed by atoms with Crippen molar-refractivity contribution in [3.63, 3.8) is 0 Å². The Morgan fingerprint density at radius 1 is 1.41 bits per heavy atom. The maximum absolute atomic E-state index is 11.8. The second-order valence-corrected chi connectivity index (χ2v) is 4.58. The van der Waals surface area contributed by atoms with E-state index in [-0.39, 0.29) is 18.3 Å². The van der Waals surface area contributed by atoms with E-state index in [1.165, 1.54) is 18.2 Å². The maximum Gasteiger partial charge on any atom is 0.316 e. The van der Waals surface area contributed by atoms with Crippen molar-refractivity contribution < 1.29 is 19.7 Å². The topological polar surface area (TPSA) is 66.8 Å². The molecule has 4 nitrogen and oxygen atoms in total. The largest absolute Gasteiger partial charge is 0.508 e. The lowest BCUT2D eigenvalue weighted by molar-refractivity contribution is -0.144. The smallest absolute Gasteiger partial charge is 0.316 e. The van der Waals surface area contributed by atoms with Crippen molar-refractivity contribution in [2.45, 2.75) is 33.8 Å². The molecule has 94 valence electrons. The lowest BCUT2D eigenvalue weighted by Crippen LogP contribution is -2.28. The molecule has 1 aromatic rings. The fourth-order valence-electron chi connectivity index (χ4n) is 1.14. The molecule has 1 aromatic carbocycles. The Hall–Kier alpha value is -1.55. The highest BCUT2D eigenvalue weighted by Gasteiger charge is 2.27.